The zero-order valence-electron chi connectivity index (χ0n) is 17.0. The zero-order chi connectivity index (χ0) is 19.3. The summed E-state index contributed by atoms with van der Waals surface area (Å²) in [4.78, 5) is 21.3. The highest BCUT2D eigenvalue weighted by Crippen LogP contribution is 2.31. The van der Waals surface area contributed by atoms with Crippen LogP contribution in [0.4, 0.5) is 0 Å². The maximum atomic E-state index is 13.2. The first-order valence-electron chi connectivity index (χ1n) is 10.8. The third-order valence-electron chi connectivity index (χ3n) is 6.62. The number of hydrogen-bond donors (Lipinski definition) is 1. The second-order valence-corrected chi connectivity index (χ2v) is 8.37. The van der Waals surface area contributed by atoms with Gasteiger partial charge in [-0.25, -0.2) is 0 Å². The molecule has 0 radical (unpaired) electrons. The molecule has 2 fully saturated rings. The third kappa shape index (κ3) is 4.26. The van der Waals surface area contributed by atoms with Crippen LogP contribution in [0.1, 0.15) is 37.7 Å². The molecule has 2 aliphatic rings. The predicted molar refractivity (Wildman–Crippen MR) is 112 cm³/mol. The Morgan fingerprint density at radius 3 is 2.96 bits per heavy atom. The van der Waals surface area contributed by atoms with Crippen LogP contribution in [0.3, 0.4) is 0 Å². The quantitative estimate of drug-likeness (QED) is 0.797. The van der Waals surface area contributed by atoms with E-state index in [0.717, 1.165) is 23.0 Å². The number of H-pyrrole nitrogens is 1. The van der Waals surface area contributed by atoms with Crippen LogP contribution in [-0.2, 0) is 16.0 Å². The summed E-state index contributed by atoms with van der Waals surface area (Å²) in [7, 11) is 1.71. The molecule has 4 rings (SSSR count). The summed E-state index contributed by atoms with van der Waals surface area (Å²) < 4.78 is 5.31. The highest BCUT2D eigenvalue weighted by Gasteiger charge is 2.34. The largest absolute Gasteiger partial charge is 0.383 e. The minimum Gasteiger partial charge on any atom is -0.383 e. The van der Waals surface area contributed by atoms with Gasteiger partial charge in [0.2, 0.25) is 5.91 Å². The van der Waals surface area contributed by atoms with Gasteiger partial charge in [0.25, 0.3) is 0 Å². The number of ether oxygens (including phenoxy) is 1. The van der Waals surface area contributed by atoms with Crippen molar-refractivity contribution in [1.82, 2.24) is 14.8 Å². The molecule has 2 saturated heterocycles. The summed E-state index contributed by atoms with van der Waals surface area (Å²) >= 11 is 0. The number of piperidine rings is 2. The fraction of sp³-hybridized carbons (Fsp3) is 0.609. The highest BCUT2D eigenvalue weighted by atomic mass is 16.5. The first-order chi connectivity index (χ1) is 13.8. The van der Waals surface area contributed by atoms with Gasteiger partial charge in [0.1, 0.15) is 0 Å². The summed E-state index contributed by atoms with van der Waals surface area (Å²) in [6.07, 6.45) is 8.89. The molecule has 0 aliphatic carbocycles. The molecule has 1 aromatic heterocycles. The van der Waals surface area contributed by atoms with Crippen molar-refractivity contribution in [1.29, 1.82) is 0 Å². The summed E-state index contributed by atoms with van der Waals surface area (Å²) in [6, 6.07) is 8.87. The van der Waals surface area contributed by atoms with Crippen molar-refractivity contribution in [2.75, 3.05) is 39.9 Å². The first kappa shape index (κ1) is 19.5. The number of hydrogen-bond acceptors (Lipinski definition) is 3. The fourth-order valence-electron chi connectivity index (χ4n) is 5.15. The molecule has 2 atom stereocenters. The van der Waals surface area contributed by atoms with Crippen LogP contribution < -0.4 is 0 Å². The van der Waals surface area contributed by atoms with E-state index in [1.54, 1.807) is 7.11 Å². The molecular weight excluding hydrogens is 350 g/mol. The topological polar surface area (TPSA) is 48.6 Å². The lowest BCUT2D eigenvalue weighted by Gasteiger charge is -2.45. The Labute approximate surface area is 168 Å². The number of benzene rings is 1. The number of rotatable bonds is 7. The summed E-state index contributed by atoms with van der Waals surface area (Å²) in [5, 5.41) is 1.15. The number of aromatic amines is 1. The van der Waals surface area contributed by atoms with Crippen molar-refractivity contribution >= 4 is 16.8 Å². The van der Waals surface area contributed by atoms with E-state index in [1.807, 2.05) is 18.3 Å². The number of aromatic nitrogens is 1. The summed E-state index contributed by atoms with van der Waals surface area (Å²) in [5.74, 6) is 0.813. The lowest BCUT2D eigenvalue weighted by molar-refractivity contribution is -0.132. The van der Waals surface area contributed by atoms with E-state index in [2.05, 4.69) is 26.9 Å². The number of para-hydroxylation sites is 1. The molecule has 5 nitrogen and oxygen atoms in total. The van der Waals surface area contributed by atoms with Gasteiger partial charge in [0.15, 0.2) is 0 Å². The van der Waals surface area contributed by atoms with Gasteiger partial charge in [0.05, 0.1) is 13.0 Å². The van der Waals surface area contributed by atoms with E-state index in [4.69, 9.17) is 4.74 Å². The molecular formula is C23H33N3O2. The van der Waals surface area contributed by atoms with Crippen molar-refractivity contribution in [2.45, 2.75) is 44.6 Å². The van der Waals surface area contributed by atoms with Gasteiger partial charge in [-0.3, -0.25) is 4.79 Å². The minimum absolute atomic E-state index is 0.217. The molecule has 3 heterocycles. The van der Waals surface area contributed by atoms with Crippen LogP contribution in [0.15, 0.2) is 30.5 Å². The molecule has 0 unspecified atom stereocenters. The van der Waals surface area contributed by atoms with Gasteiger partial charge in [-0.15, -0.1) is 0 Å². The molecule has 1 aromatic carbocycles. The van der Waals surface area contributed by atoms with Crippen LogP contribution >= 0.6 is 0 Å². The van der Waals surface area contributed by atoms with Gasteiger partial charge in [-0.05, 0) is 56.3 Å². The Kier molecular flexibility index (Phi) is 6.33. The molecule has 0 spiro atoms. The second kappa shape index (κ2) is 9.10. The fourth-order valence-corrected chi connectivity index (χ4v) is 5.15. The number of methoxy groups -OCH3 is 1. The lowest BCUT2D eigenvalue weighted by Crippen LogP contribution is -2.52. The number of nitrogens with zero attached hydrogens (tertiary/aromatic N) is 2. The Morgan fingerprint density at radius 2 is 2.07 bits per heavy atom. The van der Waals surface area contributed by atoms with Crippen molar-refractivity contribution in [2.24, 2.45) is 5.92 Å². The van der Waals surface area contributed by atoms with E-state index in [9.17, 15) is 4.79 Å². The van der Waals surface area contributed by atoms with Gasteiger partial charge in [-0.1, -0.05) is 24.6 Å². The lowest BCUT2D eigenvalue weighted by atomic mass is 9.83. The van der Waals surface area contributed by atoms with Gasteiger partial charge < -0.3 is 19.5 Å². The van der Waals surface area contributed by atoms with Crippen LogP contribution in [0.5, 0.6) is 0 Å². The van der Waals surface area contributed by atoms with Crippen molar-refractivity contribution in [3.05, 3.63) is 36.0 Å². The maximum Gasteiger partial charge on any atom is 0.227 e. The van der Waals surface area contributed by atoms with Crippen molar-refractivity contribution < 1.29 is 9.53 Å². The molecule has 1 N–H and O–H groups in total. The smallest absolute Gasteiger partial charge is 0.227 e. The molecule has 0 bridgehead atoms. The average Bonchev–Trinajstić information content (AvgIpc) is 3.14. The van der Waals surface area contributed by atoms with Crippen LogP contribution in [0.25, 0.3) is 10.9 Å². The molecule has 5 heteroatoms. The number of carbonyl (C=O) groups excluding carboxylic acids is 1. The standard InChI is InChI=1S/C23H33N3O2/c1-28-14-13-26(17-18-7-6-12-25-11-5-4-10-22(18)25)23(27)15-19-16-24-21-9-3-2-8-20(19)21/h2-3,8-9,16,18,22,24H,4-7,10-15,17H2,1H3/t18-,22+/m0/s1. The Bertz CT molecular complexity index is 785. The molecule has 2 aliphatic heterocycles. The van der Waals surface area contributed by atoms with E-state index < -0.39 is 0 Å². The number of fused-ring (bicyclic) bond motifs is 2. The van der Waals surface area contributed by atoms with Crippen LogP contribution in [0, 0.1) is 5.92 Å². The molecule has 2 aromatic rings. The summed E-state index contributed by atoms with van der Waals surface area (Å²) in [6.45, 7) is 4.62. The average molecular weight is 384 g/mol. The van der Waals surface area contributed by atoms with E-state index in [1.165, 1.54) is 45.2 Å². The molecule has 28 heavy (non-hydrogen) atoms. The van der Waals surface area contributed by atoms with Gasteiger partial charge >= 0.3 is 0 Å². The summed E-state index contributed by atoms with van der Waals surface area (Å²) in [5.41, 5.74) is 2.19. The van der Waals surface area contributed by atoms with Crippen molar-refractivity contribution in [3.63, 3.8) is 0 Å². The number of carbonyl (C=O) groups is 1. The van der Waals surface area contributed by atoms with Crippen LogP contribution in [0.2, 0.25) is 0 Å². The zero-order valence-corrected chi connectivity index (χ0v) is 17.0. The maximum absolute atomic E-state index is 13.2. The van der Waals surface area contributed by atoms with Gasteiger partial charge in [-0.2, -0.15) is 0 Å². The Balaban J connectivity index is 1.46. The van der Waals surface area contributed by atoms with Crippen LogP contribution in [-0.4, -0.2) is 66.6 Å². The van der Waals surface area contributed by atoms with E-state index in [0.29, 0.717) is 31.5 Å². The SMILES string of the molecule is COCCN(C[C@@H]1CCCN2CCCC[C@H]12)C(=O)Cc1c[nH]c2ccccc12. The van der Waals surface area contributed by atoms with Gasteiger partial charge in [0, 0.05) is 43.3 Å². The Morgan fingerprint density at radius 1 is 1.21 bits per heavy atom. The first-order valence-corrected chi connectivity index (χ1v) is 10.8. The number of amides is 1. The monoisotopic (exact) mass is 383 g/mol. The third-order valence-corrected chi connectivity index (χ3v) is 6.62. The normalized spacial score (nSPS) is 22.9. The molecule has 1 amide bonds. The Hall–Kier alpha value is -1.85. The number of nitrogens with one attached hydrogen (secondary N) is 1. The van der Waals surface area contributed by atoms with E-state index >= 15 is 0 Å². The predicted octanol–water partition coefficient (Wildman–Crippen LogP) is 3.45. The van der Waals surface area contributed by atoms with Crippen molar-refractivity contribution in [3.8, 4) is 0 Å². The second-order valence-electron chi connectivity index (χ2n) is 8.37. The minimum atomic E-state index is 0.217. The van der Waals surface area contributed by atoms with E-state index in [-0.39, 0.29) is 5.91 Å². The molecule has 152 valence electrons. The highest BCUT2D eigenvalue weighted by molar-refractivity contribution is 5.88. The molecule has 0 saturated carbocycles.